The molecule has 8 heteroatoms. The smallest absolute Gasteiger partial charge is 0.130 e. The molecule has 0 radical (unpaired) electrons. The molecular formula is C46H64N8. The van der Waals surface area contributed by atoms with E-state index in [4.69, 9.17) is 0 Å². The van der Waals surface area contributed by atoms with E-state index in [9.17, 15) is 0 Å². The van der Waals surface area contributed by atoms with Gasteiger partial charge in [0.25, 0.3) is 0 Å². The predicted molar refractivity (Wildman–Crippen MR) is 226 cm³/mol. The molecule has 0 atom stereocenters. The van der Waals surface area contributed by atoms with Gasteiger partial charge in [0.15, 0.2) is 0 Å². The zero-order valence-electron chi connectivity index (χ0n) is 34.7. The van der Waals surface area contributed by atoms with Crippen molar-refractivity contribution in [1.29, 1.82) is 0 Å². The Morgan fingerprint density at radius 1 is 0.333 bits per heavy atom. The molecule has 6 aromatic rings. The van der Waals surface area contributed by atoms with Crippen molar-refractivity contribution in [3.05, 3.63) is 169 Å². The van der Waals surface area contributed by atoms with Crippen LogP contribution in [0.1, 0.15) is 153 Å². The summed E-state index contributed by atoms with van der Waals surface area (Å²) < 4.78 is 0. The maximum Gasteiger partial charge on any atom is 0.130 e. The Labute approximate surface area is 326 Å². The van der Waals surface area contributed by atoms with Crippen molar-refractivity contribution in [2.45, 2.75) is 119 Å². The maximum absolute atomic E-state index is 4.18. The van der Waals surface area contributed by atoms with Gasteiger partial charge in [0.2, 0.25) is 0 Å². The molecule has 0 amide bonds. The molecule has 54 heavy (non-hydrogen) atoms. The Balaban J connectivity index is 0.000000324. The SMILES string of the molecule is CC(C)c1ccccn1.CC(C)c1ccccn1.CC(C)c1cccnc1.CC(C)c1cccnc1.CC(C)c1cccnn1.CC(C)c1ncccn1. The van der Waals surface area contributed by atoms with Gasteiger partial charge in [-0.15, -0.1) is 0 Å². The largest absolute Gasteiger partial charge is 0.264 e. The molecule has 0 fully saturated rings. The summed E-state index contributed by atoms with van der Waals surface area (Å²) in [4.78, 5) is 24.5. The van der Waals surface area contributed by atoms with Crippen LogP contribution in [0.4, 0.5) is 0 Å². The molecule has 0 aliphatic heterocycles. The summed E-state index contributed by atoms with van der Waals surface area (Å²) in [5.41, 5.74) is 5.99. The Morgan fingerprint density at radius 2 is 0.741 bits per heavy atom. The van der Waals surface area contributed by atoms with E-state index in [0.717, 1.165) is 22.9 Å². The van der Waals surface area contributed by atoms with Crippen molar-refractivity contribution in [1.82, 2.24) is 40.1 Å². The van der Waals surface area contributed by atoms with Crippen molar-refractivity contribution in [3.63, 3.8) is 0 Å². The first-order chi connectivity index (χ1) is 25.8. The highest BCUT2D eigenvalue weighted by molar-refractivity contribution is 5.13. The third kappa shape index (κ3) is 22.0. The summed E-state index contributed by atoms with van der Waals surface area (Å²) in [5, 5.41) is 7.68. The molecular weight excluding hydrogens is 665 g/mol. The van der Waals surface area contributed by atoms with Crippen LogP contribution >= 0.6 is 0 Å². The van der Waals surface area contributed by atoms with E-state index in [2.05, 4.69) is 135 Å². The normalized spacial score (nSPS) is 10.1. The first-order valence-corrected chi connectivity index (χ1v) is 19.0. The Kier molecular flexibility index (Phi) is 24.5. The molecule has 0 aromatic carbocycles. The van der Waals surface area contributed by atoms with Crippen molar-refractivity contribution >= 4 is 0 Å². The molecule has 0 aliphatic rings. The maximum atomic E-state index is 4.18. The summed E-state index contributed by atoms with van der Waals surface area (Å²) in [5.74, 6) is 4.12. The summed E-state index contributed by atoms with van der Waals surface area (Å²) >= 11 is 0. The van der Waals surface area contributed by atoms with Gasteiger partial charge in [-0.2, -0.15) is 10.2 Å². The van der Waals surface area contributed by atoms with E-state index in [1.54, 1.807) is 31.0 Å². The van der Waals surface area contributed by atoms with Crippen LogP contribution in [-0.2, 0) is 0 Å². The van der Waals surface area contributed by atoms with Crippen molar-refractivity contribution in [2.24, 2.45) is 0 Å². The lowest BCUT2D eigenvalue weighted by molar-refractivity contribution is 0.774. The second-order valence-electron chi connectivity index (χ2n) is 14.3. The third-order valence-electron chi connectivity index (χ3n) is 7.55. The van der Waals surface area contributed by atoms with Gasteiger partial charge in [-0.1, -0.05) is 107 Å². The number of nitrogens with zero attached hydrogens (tertiary/aromatic N) is 8. The fraction of sp³-hybridized carbons (Fsp3) is 0.391. The van der Waals surface area contributed by atoms with Crippen LogP contribution in [0.25, 0.3) is 0 Å². The van der Waals surface area contributed by atoms with E-state index in [1.807, 2.05) is 91.5 Å². The van der Waals surface area contributed by atoms with Crippen LogP contribution in [-0.4, -0.2) is 40.1 Å². The summed E-state index contributed by atoms with van der Waals surface area (Å²) in [6.45, 7) is 25.6. The zero-order valence-corrected chi connectivity index (χ0v) is 34.7. The van der Waals surface area contributed by atoms with Gasteiger partial charge in [0.1, 0.15) is 5.82 Å². The lowest BCUT2D eigenvalue weighted by Crippen LogP contribution is -1.93. The van der Waals surface area contributed by atoms with E-state index >= 15 is 0 Å². The second-order valence-corrected chi connectivity index (χ2v) is 14.3. The highest BCUT2D eigenvalue weighted by Crippen LogP contribution is 2.12. The number of rotatable bonds is 6. The van der Waals surface area contributed by atoms with E-state index in [1.165, 1.54) is 11.1 Å². The molecule has 6 aromatic heterocycles. The first kappa shape index (κ1) is 46.8. The van der Waals surface area contributed by atoms with Gasteiger partial charge in [-0.25, -0.2) is 9.97 Å². The number of hydrogen-bond acceptors (Lipinski definition) is 8. The van der Waals surface area contributed by atoms with Crippen LogP contribution in [0.3, 0.4) is 0 Å². The highest BCUT2D eigenvalue weighted by atomic mass is 15.1. The van der Waals surface area contributed by atoms with Crippen LogP contribution in [0.15, 0.2) is 135 Å². The minimum Gasteiger partial charge on any atom is -0.264 e. The molecule has 0 N–H and O–H groups in total. The number of pyridine rings is 4. The van der Waals surface area contributed by atoms with Crippen LogP contribution in [0.5, 0.6) is 0 Å². The molecule has 6 rings (SSSR count). The minimum absolute atomic E-state index is 0.436. The number of aromatic nitrogens is 8. The van der Waals surface area contributed by atoms with Crippen molar-refractivity contribution in [3.8, 4) is 0 Å². The van der Waals surface area contributed by atoms with Crippen molar-refractivity contribution < 1.29 is 0 Å². The predicted octanol–water partition coefficient (Wildman–Crippen LogP) is 12.0. The lowest BCUT2D eigenvalue weighted by atomic mass is 10.1. The van der Waals surface area contributed by atoms with Gasteiger partial charge >= 0.3 is 0 Å². The molecule has 6 heterocycles. The van der Waals surface area contributed by atoms with Gasteiger partial charge in [0, 0.05) is 73.1 Å². The second kappa shape index (κ2) is 28.3. The Hall–Kier alpha value is -5.24. The minimum atomic E-state index is 0.436. The molecule has 0 aliphatic carbocycles. The van der Waals surface area contributed by atoms with E-state index < -0.39 is 0 Å². The molecule has 0 bridgehead atoms. The van der Waals surface area contributed by atoms with Crippen LogP contribution in [0.2, 0.25) is 0 Å². The lowest BCUT2D eigenvalue weighted by Gasteiger charge is -2.00. The summed E-state index contributed by atoms with van der Waals surface area (Å²) in [7, 11) is 0. The number of hydrogen-bond donors (Lipinski definition) is 0. The fourth-order valence-electron chi connectivity index (χ4n) is 4.10. The first-order valence-electron chi connectivity index (χ1n) is 19.0. The van der Waals surface area contributed by atoms with Gasteiger partial charge < -0.3 is 0 Å². The summed E-state index contributed by atoms with van der Waals surface area (Å²) in [6, 6.07) is 25.8. The molecule has 288 valence electrons. The fourth-order valence-corrected chi connectivity index (χ4v) is 4.10. The molecule has 0 saturated heterocycles. The quantitative estimate of drug-likeness (QED) is 0.167. The standard InChI is InChI=1S/4C8H11N.2C7H10N2/c2*1-7(2)8-4-3-5-9-6-8;2*1-7(2)8-5-3-4-6-9-8;1-6(2)7-8-4-3-5-9-7;1-6(2)7-4-3-5-8-9-7/h4*3-7H,1-2H3;2*3-6H,1-2H3. The average molecular weight is 729 g/mol. The molecule has 0 unspecified atom stereocenters. The van der Waals surface area contributed by atoms with Gasteiger partial charge in [0.05, 0.1) is 5.69 Å². The zero-order chi connectivity index (χ0) is 40.1. The van der Waals surface area contributed by atoms with Gasteiger partial charge in [-0.3, -0.25) is 19.9 Å². The van der Waals surface area contributed by atoms with Crippen LogP contribution in [0, 0.1) is 0 Å². The van der Waals surface area contributed by atoms with Crippen molar-refractivity contribution in [2.75, 3.05) is 0 Å². The monoisotopic (exact) mass is 729 g/mol. The summed E-state index contributed by atoms with van der Waals surface area (Å²) in [6.07, 6.45) is 16.3. The highest BCUT2D eigenvalue weighted by Gasteiger charge is 1.99. The third-order valence-corrected chi connectivity index (χ3v) is 7.55. The molecule has 0 saturated carbocycles. The van der Waals surface area contributed by atoms with Crippen LogP contribution < -0.4 is 0 Å². The Morgan fingerprint density at radius 3 is 0.963 bits per heavy atom. The van der Waals surface area contributed by atoms with E-state index in [0.29, 0.717) is 35.5 Å². The molecule has 8 nitrogen and oxygen atoms in total. The Bertz CT molecular complexity index is 1350. The van der Waals surface area contributed by atoms with Gasteiger partial charge in [-0.05, 0) is 95.3 Å². The average Bonchev–Trinajstić information content (AvgIpc) is 3.21. The topological polar surface area (TPSA) is 103 Å². The molecule has 0 spiro atoms. The van der Waals surface area contributed by atoms with E-state index in [-0.39, 0.29) is 0 Å².